The number of hydrogen-bond donors (Lipinski definition) is 0. The van der Waals surface area contributed by atoms with Crippen LogP contribution in [0.2, 0.25) is 0 Å². The number of methoxy groups -OCH3 is 2. The highest BCUT2D eigenvalue weighted by Gasteiger charge is 2.32. The number of benzene rings is 3. The predicted molar refractivity (Wildman–Crippen MR) is 119 cm³/mol. The molecule has 0 fully saturated rings. The molecule has 1 aliphatic heterocycles. The van der Waals surface area contributed by atoms with Crippen molar-refractivity contribution >= 4 is 23.5 Å². The quantitative estimate of drug-likeness (QED) is 0.551. The van der Waals surface area contributed by atoms with Gasteiger partial charge in [0.05, 0.1) is 19.9 Å². The lowest BCUT2D eigenvalue weighted by molar-refractivity contribution is -0.113. The first kappa shape index (κ1) is 20.3. The molecular weight excluding hydrogens is 395 g/mol. The maximum absolute atomic E-state index is 13.5. The SMILES string of the molecule is COc1ccc(/C=C2/N=C(c3ccc(F)cc3)N(c3ccc(C)cc3)C2=O)cc1OC. The summed E-state index contributed by atoms with van der Waals surface area (Å²) in [6.07, 6.45) is 1.70. The van der Waals surface area contributed by atoms with Gasteiger partial charge in [-0.25, -0.2) is 9.38 Å². The highest BCUT2D eigenvalue weighted by Crippen LogP contribution is 2.31. The van der Waals surface area contributed by atoms with Gasteiger partial charge in [0.15, 0.2) is 11.5 Å². The topological polar surface area (TPSA) is 51.1 Å². The van der Waals surface area contributed by atoms with Crippen molar-refractivity contribution in [2.45, 2.75) is 6.92 Å². The Morgan fingerprint density at radius 1 is 0.903 bits per heavy atom. The van der Waals surface area contributed by atoms with Crippen LogP contribution >= 0.6 is 0 Å². The molecular formula is C25H21FN2O3. The number of ether oxygens (including phenoxy) is 2. The van der Waals surface area contributed by atoms with Crippen molar-refractivity contribution in [3.63, 3.8) is 0 Å². The van der Waals surface area contributed by atoms with E-state index < -0.39 is 0 Å². The summed E-state index contributed by atoms with van der Waals surface area (Å²) in [6, 6.07) is 18.9. The molecule has 31 heavy (non-hydrogen) atoms. The molecule has 4 rings (SSSR count). The van der Waals surface area contributed by atoms with Gasteiger partial charge in [-0.1, -0.05) is 23.8 Å². The molecule has 0 atom stereocenters. The molecule has 3 aromatic rings. The molecule has 156 valence electrons. The second-order valence-corrected chi connectivity index (χ2v) is 7.06. The Morgan fingerprint density at radius 2 is 1.58 bits per heavy atom. The van der Waals surface area contributed by atoms with E-state index in [1.54, 1.807) is 49.5 Å². The third kappa shape index (κ3) is 4.05. The summed E-state index contributed by atoms with van der Waals surface area (Å²) in [7, 11) is 3.12. The second-order valence-electron chi connectivity index (χ2n) is 7.06. The van der Waals surface area contributed by atoms with Gasteiger partial charge in [0.25, 0.3) is 5.91 Å². The van der Waals surface area contributed by atoms with Crippen LogP contribution in [0.25, 0.3) is 6.08 Å². The van der Waals surface area contributed by atoms with Gasteiger partial charge < -0.3 is 9.47 Å². The second kappa shape index (κ2) is 8.44. The lowest BCUT2D eigenvalue weighted by Gasteiger charge is -2.18. The molecule has 0 spiro atoms. The van der Waals surface area contributed by atoms with Gasteiger partial charge in [-0.05, 0) is 67.1 Å². The Bertz CT molecular complexity index is 1180. The standard InChI is InChI=1S/C25H21FN2O3/c1-16-4-11-20(12-5-16)28-24(18-7-9-19(26)10-8-18)27-21(25(28)29)14-17-6-13-22(30-2)23(15-17)31-3/h4-15H,1-3H3/b21-14+. The van der Waals surface area contributed by atoms with Crippen molar-refractivity contribution in [2.24, 2.45) is 4.99 Å². The number of aryl methyl sites for hydroxylation is 1. The largest absolute Gasteiger partial charge is 0.493 e. The Morgan fingerprint density at radius 3 is 2.23 bits per heavy atom. The van der Waals surface area contributed by atoms with E-state index in [0.717, 1.165) is 11.1 Å². The number of carbonyl (C=O) groups excluding carboxylic acids is 1. The van der Waals surface area contributed by atoms with Crippen molar-refractivity contribution in [2.75, 3.05) is 19.1 Å². The van der Waals surface area contributed by atoms with Gasteiger partial charge in [-0.2, -0.15) is 0 Å². The molecule has 1 heterocycles. The third-order valence-corrected chi connectivity index (χ3v) is 4.97. The van der Waals surface area contributed by atoms with E-state index >= 15 is 0 Å². The van der Waals surface area contributed by atoms with Crippen molar-refractivity contribution in [3.8, 4) is 11.5 Å². The molecule has 0 aromatic heterocycles. The number of anilines is 1. The summed E-state index contributed by atoms with van der Waals surface area (Å²) < 4.78 is 24.1. The zero-order valence-electron chi connectivity index (χ0n) is 17.4. The van der Waals surface area contributed by atoms with E-state index in [1.807, 2.05) is 37.3 Å². The average Bonchev–Trinajstić information content (AvgIpc) is 3.10. The summed E-state index contributed by atoms with van der Waals surface area (Å²) in [6.45, 7) is 1.98. The Kier molecular flexibility index (Phi) is 5.54. The molecule has 5 nitrogen and oxygen atoms in total. The van der Waals surface area contributed by atoms with E-state index in [9.17, 15) is 9.18 Å². The smallest absolute Gasteiger partial charge is 0.282 e. The van der Waals surface area contributed by atoms with Crippen LogP contribution in [-0.4, -0.2) is 26.0 Å². The first-order valence-electron chi connectivity index (χ1n) is 9.69. The van der Waals surface area contributed by atoms with E-state index in [1.165, 1.54) is 12.1 Å². The summed E-state index contributed by atoms with van der Waals surface area (Å²) in [5, 5.41) is 0. The summed E-state index contributed by atoms with van der Waals surface area (Å²) in [5.74, 6) is 0.981. The molecule has 0 unspecified atom stereocenters. The highest BCUT2D eigenvalue weighted by molar-refractivity contribution is 6.33. The van der Waals surface area contributed by atoms with Gasteiger partial charge in [-0.15, -0.1) is 0 Å². The molecule has 0 bridgehead atoms. The summed E-state index contributed by atoms with van der Waals surface area (Å²) >= 11 is 0. The number of amides is 1. The van der Waals surface area contributed by atoms with Crippen LogP contribution in [0, 0.1) is 12.7 Å². The summed E-state index contributed by atoms with van der Waals surface area (Å²) in [5.41, 5.74) is 3.43. The van der Waals surface area contributed by atoms with Gasteiger partial charge in [-0.3, -0.25) is 9.69 Å². The van der Waals surface area contributed by atoms with Crippen molar-refractivity contribution in [3.05, 3.63) is 94.9 Å². The van der Waals surface area contributed by atoms with Crippen LogP contribution in [0.1, 0.15) is 16.7 Å². The average molecular weight is 416 g/mol. The van der Waals surface area contributed by atoms with Crippen LogP contribution in [0.4, 0.5) is 10.1 Å². The molecule has 1 aliphatic rings. The first-order chi connectivity index (χ1) is 15.0. The number of amidine groups is 1. The van der Waals surface area contributed by atoms with Crippen LogP contribution in [0.5, 0.6) is 11.5 Å². The minimum Gasteiger partial charge on any atom is -0.493 e. The van der Waals surface area contributed by atoms with Crippen molar-refractivity contribution in [1.29, 1.82) is 0 Å². The molecule has 0 saturated carbocycles. The normalized spacial score (nSPS) is 14.7. The Hall–Kier alpha value is -3.93. The molecule has 0 radical (unpaired) electrons. The molecule has 0 N–H and O–H groups in total. The minimum atomic E-state index is -0.350. The maximum atomic E-state index is 13.5. The van der Waals surface area contributed by atoms with Crippen LogP contribution < -0.4 is 14.4 Å². The number of aliphatic imine (C=N–C) groups is 1. The number of rotatable bonds is 5. The fourth-order valence-electron chi connectivity index (χ4n) is 3.34. The minimum absolute atomic E-state index is 0.266. The molecule has 3 aromatic carbocycles. The zero-order valence-corrected chi connectivity index (χ0v) is 17.4. The van der Waals surface area contributed by atoms with Gasteiger partial charge in [0.1, 0.15) is 17.3 Å². The maximum Gasteiger partial charge on any atom is 0.282 e. The van der Waals surface area contributed by atoms with E-state index in [-0.39, 0.29) is 17.4 Å². The highest BCUT2D eigenvalue weighted by atomic mass is 19.1. The summed E-state index contributed by atoms with van der Waals surface area (Å²) in [4.78, 5) is 19.5. The van der Waals surface area contributed by atoms with Gasteiger partial charge in [0.2, 0.25) is 0 Å². The lowest BCUT2D eigenvalue weighted by atomic mass is 10.1. The third-order valence-electron chi connectivity index (χ3n) is 4.97. The molecule has 6 heteroatoms. The fraction of sp³-hybridized carbons (Fsp3) is 0.120. The monoisotopic (exact) mass is 416 g/mol. The number of carbonyl (C=O) groups is 1. The molecule has 0 aliphatic carbocycles. The van der Waals surface area contributed by atoms with E-state index in [0.29, 0.717) is 28.6 Å². The molecule has 0 saturated heterocycles. The number of halogens is 1. The Labute approximate surface area is 180 Å². The predicted octanol–water partition coefficient (Wildman–Crippen LogP) is 4.99. The van der Waals surface area contributed by atoms with E-state index in [2.05, 4.69) is 4.99 Å². The number of hydrogen-bond acceptors (Lipinski definition) is 4. The van der Waals surface area contributed by atoms with Crippen molar-refractivity contribution < 1.29 is 18.7 Å². The van der Waals surface area contributed by atoms with E-state index in [4.69, 9.17) is 9.47 Å². The van der Waals surface area contributed by atoms with Crippen LogP contribution in [0.3, 0.4) is 0 Å². The Balaban J connectivity index is 1.80. The van der Waals surface area contributed by atoms with Crippen LogP contribution in [-0.2, 0) is 4.79 Å². The van der Waals surface area contributed by atoms with Gasteiger partial charge in [0, 0.05) is 5.56 Å². The lowest BCUT2D eigenvalue weighted by Crippen LogP contribution is -2.32. The van der Waals surface area contributed by atoms with Crippen LogP contribution in [0.15, 0.2) is 77.4 Å². The van der Waals surface area contributed by atoms with Crippen molar-refractivity contribution in [1.82, 2.24) is 0 Å². The first-order valence-corrected chi connectivity index (χ1v) is 9.69. The molecule has 1 amide bonds. The fourth-order valence-corrected chi connectivity index (χ4v) is 3.34. The van der Waals surface area contributed by atoms with Gasteiger partial charge >= 0.3 is 0 Å². The zero-order chi connectivity index (χ0) is 22.0. The number of nitrogens with zero attached hydrogens (tertiary/aromatic N) is 2.